The van der Waals surface area contributed by atoms with Crippen molar-refractivity contribution in [1.29, 1.82) is 0 Å². The molecule has 0 aliphatic rings. The molecule has 0 saturated heterocycles. The van der Waals surface area contributed by atoms with Crippen LogP contribution in [0.5, 0.6) is 0 Å². The molecule has 124 valence electrons. The highest BCUT2D eigenvalue weighted by Gasteiger charge is 2.21. The smallest absolute Gasteiger partial charge is 0.290 e. The Morgan fingerprint density at radius 1 is 1.46 bits per heavy atom. The van der Waals surface area contributed by atoms with Gasteiger partial charge in [-0.2, -0.15) is 5.10 Å². The van der Waals surface area contributed by atoms with E-state index in [1.807, 2.05) is 17.5 Å². The first-order chi connectivity index (χ1) is 11.5. The van der Waals surface area contributed by atoms with E-state index in [9.17, 15) is 9.59 Å². The lowest BCUT2D eigenvalue weighted by molar-refractivity contribution is -0.119. The van der Waals surface area contributed by atoms with Crippen LogP contribution in [0.3, 0.4) is 0 Å². The van der Waals surface area contributed by atoms with Crippen molar-refractivity contribution in [1.82, 2.24) is 14.9 Å². The molecule has 9 heteroatoms. The van der Waals surface area contributed by atoms with Crippen molar-refractivity contribution >= 4 is 28.7 Å². The summed E-state index contributed by atoms with van der Waals surface area (Å²) in [6, 6.07) is 5.96. The van der Waals surface area contributed by atoms with Crippen LogP contribution in [0.15, 0.2) is 39.0 Å². The molecule has 3 rings (SSSR count). The molecule has 1 atom stereocenters. The van der Waals surface area contributed by atoms with Crippen molar-refractivity contribution in [3.8, 4) is 10.6 Å². The lowest BCUT2D eigenvalue weighted by atomic mass is 10.2. The highest BCUT2D eigenvalue weighted by atomic mass is 32.1. The zero-order valence-corrected chi connectivity index (χ0v) is 13.8. The summed E-state index contributed by atoms with van der Waals surface area (Å²) in [6.45, 7) is 3.28. The fourth-order valence-corrected chi connectivity index (χ4v) is 2.79. The molecule has 0 aromatic carbocycles. The largest absolute Gasteiger partial charge is 0.394 e. The van der Waals surface area contributed by atoms with Gasteiger partial charge in [0, 0.05) is 6.07 Å². The third kappa shape index (κ3) is 3.06. The number of hydrogen-bond donors (Lipinski definition) is 2. The summed E-state index contributed by atoms with van der Waals surface area (Å²) in [5.74, 6) is 0.401. The first-order valence-corrected chi connectivity index (χ1v) is 8.01. The Morgan fingerprint density at radius 2 is 2.25 bits per heavy atom. The van der Waals surface area contributed by atoms with Crippen molar-refractivity contribution in [2.75, 3.05) is 11.1 Å². The number of hydrogen-bond acceptors (Lipinski definition) is 7. The second kappa shape index (κ2) is 6.28. The topological polar surface area (TPSA) is 116 Å². The number of nitrogens with one attached hydrogen (secondary N) is 1. The van der Waals surface area contributed by atoms with Crippen LogP contribution in [0.1, 0.15) is 18.7 Å². The molecule has 0 radical (unpaired) electrons. The first-order valence-electron chi connectivity index (χ1n) is 7.13. The van der Waals surface area contributed by atoms with E-state index in [2.05, 4.69) is 15.6 Å². The summed E-state index contributed by atoms with van der Waals surface area (Å²) < 4.78 is 5.97. The number of carbonyl (C=O) groups excluding carboxylic acids is 1. The van der Waals surface area contributed by atoms with Gasteiger partial charge in [-0.15, -0.1) is 11.3 Å². The Morgan fingerprint density at radius 3 is 2.88 bits per heavy atom. The molecule has 0 fully saturated rings. The molecule has 0 saturated carbocycles. The molecule has 8 nitrogen and oxygen atoms in total. The van der Waals surface area contributed by atoms with Crippen LogP contribution in [0.4, 0.5) is 11.5 Å². The van der Waals surface area contributed by atoms with Crippen LogP contribution in [0.25, 0.3) is 10.6 Å². The Hall–Kier alpha value is -2.94. The van der Waals surface area contributed by atoms with E-state index >= 15 is 0 Å². The van der Waals surface area contributed by atoms with E-state index < -0.39 is 17.5 Å². The second-order valence-corrected chi connectivity index (χ2v) is 6.15. The van der Waals surface area contributed by atoms with Crippen molar-refractivity contribution < 1.29 is 9.32 Å². The molecule has 1 amide bonds. The Labute approximate surface area is 140 Å². The zero-order valence-electron chi connectivity index (χ0n) is 13.0. The number of aromatic nitrogens is 3. The van der Waals surface area contributed by atoms with Crippen LogP contribution in [-0.2, 0) is 4.79 Å². The summed E-state index contributed by atoms with van der Waals surface area (Å²) in [5, 5.41) is 12.4. The first kappa shape index (κ1) is 15.9. The van der Waals surface area contributed by atoms with Crippen LogP contribution in [-0.4, -0.2) is 20.8 Å². The molecule has 0 aliphatic heterocycles. The molecule has 3 N–H and O–H groups in total. The number of carbonyl (C=O) groups is 1. The number of rotatable bonds is 4. The fraction of sp³-hybridized carbons (Fsp3) is 0.200. The van der Waals surface area contributed by atoms with E-state index in [0.29, 0.717) is 11.5 Å². The quantitative estimate of drug-likeness (QED) is 0.747. The van der Waals surface area contributed by atoms with E-state index in [1.54, 1.807) is 19.9 Å². The maximum Gasteiger partial charge on any atom is 0.290 e. The van der Waals surface area contributed by atoms with Gasteiger partial charge in [-0.3, -0.25) is 9.59 Å². The van der Waals surface area contributed by atoms with Gasteiger partial charge in [0.25, 0.3) is 5.56 Å². The van der Waals surface area contributed by atoms with Gasteiger partial charge >= 0.3 is 0 Å². The van der Waals surface area contributed by atoms with Crippen LogP contribution >= 0.6 is 11.3 Å². The van der Waals surface area contributed by atoms with E-state index in [-0.39, 0.29) is 11.5 Å². The third-order valence-corrected chi connectivity index (χ3v) is 4.25. The molecule has 0 unspecified atom stereocenters. The minimum Gasteiger partial charge on any atom is -0.394 e. The average Bonchev–Trinajstić information content (AvgIpc) is 3.21. The maximum atomic E-state index is 12.4. The van der Waals surface area contributed by atoms with Crippen LogP contribution < -0.4 is 16.6 Å². The Balaban J connectivity index is 1.92. The molecule has 0 spiro atoms. The standard InChI is InChI=1S/C15H15N5O3S/c1-8-6-13(19-23-8)17-14(21)9(2)20-15(22)10(16)7-11(18-20)12-4-3-5-24-12/h3-7,9H,16H2,1-2H3,(H,17,19,21)/t9-/m0/s1. The summed E-state index contributed by atoms with van der Waals surface area (Å²) in [5.41, 5.74) is 5.85. The zero-order chi connectivity index (χ0) is 17.3. The third-order valence-electron chi connectivity index (χ3n) is 3.36. The number of amides is 1. The van der Waals surface area contributed by atoms with Crippen molar-refractivity contribution in [2.45, 2.75) is 19.9 Å². The molecule has 24 heavy (non-hydrogen) atoms. The summed E-state index contributed by atoms with van der Waals surface area (Å²) in [6.07, 6.45) is 0. The molecule has 0 aliphatic carbocycles. The van der Waals surface area contributed by atoms with E-state index in [1.165, 1.54) is 17.4 Å². The van der Waals surface area contributed by atoms with E-state index in [0.717, 1.165) is 9.56 Å². The lowest BCUT2D eigenvalue weighted by Gasteiger charge is -2.14. The predicted octanol–water partition coefficient (Wildman–Crippen LogP) is 2.05. The van der Waals surface area contributed by atoms with Gasteiger partial charge in [0.15, 0.2) is 5.82 Å². The molecule has 3 aromatic rings. The predicted molar refractivity (Wildman–Crippen MR) is 90.8 cm³/mol. The van der Waals surface area contributed by atoms with Gasteiger partial charge in [0.2, 0.25) is 5.91 Å². The minimum atomic E-state index is -0.864. The molecule has 3 aromatic heterocycles. The summed E-state index contributed by atoms with van der Waals surface area (Å²) in [7, 11) is 0. The molecule has 3 heterocycles. The van der Waals surface area contributed by atoms with Crippen LogP contribution in [0.2, 0.25) is 0 Å². The van der Waals surface area contributed by atoms with Crippen molar-refractivity contribution in [2.24, 2.45) is 0 Å². The number of nitrogens with two attached hydrogens (primary N) is 1. The summed E-state index contributed by atoms with van der Waals surface area (Å²) in [4.78, 5) is 25.5. The van der Waals surface area contributed by atoms with E-state index in [4.69, 9.17) is 10.3 Å². The van der Waals surface area contributed by atoms with Gasteiger partial charge in [0.05, 0.1) is 4.88 Å². The monoisotopic (exact) mass is 345 g/mol. The second-order valence-electron chi connectivity index (χ2n) is 5.20. The lowest BCUT2D eigenvalue weighted by Crippen LogP contribution is -2.34. The molecule has 0 bridgehead atoms. The molecular weight excluding hydrogens is 330 g/mol. The highest BCUT2D eigenvalue weighted by Crippen LogP contribution is 2.23. The number of anilines is 2. The molecular formula is C15H15N5O3S. The summed E-state index contributed by atoms with van der Waals surface area (Å²) >= 11 is 1.47. The van der Waals surface area contributed by atoms with Gasteiger partial charge < -0.3 is 15.6 Å². The Kier molecular flexibility index (Phi) is 4.17. The SMILES string of the molecule is Cc1cc(NC(=O)[C@H](C)n2nc(-c3cccs3)cc(N)c2=O)no1. The maximum absolute atomic E-state index is 12.4. The van der Waals surface area contributed by atoms with Crippen molar-refractivity contribution in [3.63, 3.8) is 0 Å². The fourth-order valence-electron chi connectivity index (χ4n) is 2.11. The highest BCUT2D eigenvalue weighted by molar-refractivity contribution is 7.13. The number of thiophene rings is 1. The van der Waals surface area contributed by atoms with Gasteiger partial charge in [-0.25, -0.2) is 4.68 Å². The normalized spacial score (nSPS) is 12.1. The number of aryl methyl sites for hydroxylation is 1. The van der Waals surface area contributed by atoms with Gasteiger partial charge in [-0.1, -0.05) is 11.2 Å². The van der Waals surface area contributed by atoms with Crippen molar-refractivity contribution in [3.05, 3.63) is 45.8 Å². The number of nitrogen functional groups attached to an aromatic ring is 1. The van der Waals surface area contributed by atoms with Gasteiger partial charge in [0.1, 0.15) is 23.2 Å². The van der Waals surface area contributed by atoms with Crippen LogP contribution in [0, 0.1) is 6.92 Å². The minimum absolute atomic E-state index is 0.0327. The Bertz CT molecular complexity index is 929. The average molecular weight is 345 g/mol. The van der Waals surface area contributed by atoms with Gasteiger partial charge in [-0.05, 0) is 31.4 Å². The number of nitrogens with zero attached hydrogens (tertiary/aromatic N) is 3.